The van der Waals surface area contributed by atoms with E-state index in [9.17, 15) is 19.7 Å². The van der Waals surface area contributed by atoms with Crippen LogP contribution < -0.4 is 10.3 Å². The van der Waals surface area contributed by atoms with Crippen LogP contribution in [0.2, 0.25) is 0 Å². The predicted molar refractivity (Wildman–Crippen MR) is 133 cm³/mol. The van der Waals surface area contributed by atoms with E-state index in [1.54, 1.807) is 36.4 Å². The van der Waals surface area contributed by atoms with Gasteiger partial charge >= 0.3 is 11.7 Å². The quantitative estimate of drug-likeness (QED) is 0.209. The van der Waals surface area contributed by atoms with Gasteiger partial charge in [0.1, 0.15) is 0 Å². The van der Waals surface area contributed by atoms with Crippen LogP contribution in [0, 0.1) is 10.1 Å². The number of nitro groups is 1. The molecular formula is C24H17BrN4O6. The number of benzene rings is 3. The monoisotopic (exact) mass is 536 g/mol. The summed E-state index contributed by atoms with van der Waals surface area (Å²) in [6.45, 7) is 1.26. The lowest BCUT2D eigenvalue weighted by molar-refractivity contribution is -0.386. The molecule has 0 saturated carbocycles. The van der Waals surface area contributed by atoms with Crippen molar-refractivity contribution in [2.45, 2.75) is 13.0 Å². The first-order valence-corrected chi connectivity index (χ1v) is 11.0. The zero-order valence-electron chi connectivity index (χ0n) is 18.2. The average molecular weight is 537 g/mol. The van der Waals surface area contributed by atoms with Crippen molar-refractivity contribution in [2.75, 3.05) is 0 Å². The zero-order valence-corrected chi connectivity index (χ0v) is 19.7. The molecule has 11 heteroatoms. The Morgan fingerprint density at radius 3 is 2.57 bits per heavy atom. The molecule has 0 spiro atoms. The first-order valence-electron chi connectivity index (χ1n) is 10.2. The normalized spacial score (nSPS) is 12.1. The number of carbonyl (C=O) groups is 1. The van der Waals surface area contributed by atoms with Crippen LogP contribution >= 0.6 is 15.9 Å². The second-order valence-corrected chi connectivity index (χ2v) is 8.24. The van der Waals surface area contributed by atoms with Gasteiger partial charge in [-0.1, -0.05) is 42.5 Å². The smallest absolute Gasteiger partial charge is 0.344 e. The molecule has 1 atom stereocenters. The van der Waals surface area contributed by atoms with Crippen molar-refractivity contribution in [1.82, 2.24) is 9.66 Å². The highest BCUT2D eigenvalue weighted by Crippen LogP contribution is 2.37. The molecule has 1 N–H and O–H groups in total. The molecule has 3 aromatic carbocycles. The summed E-state index contributed by atoms with van der Waals surface area (Å²) in [6.07, 6.45) is -0.0212. The summed E-state index contributed by atoms with van der Waals surface area (Å²) in [5, 5.41) is 25.4. The molecular weight excluding hydrogens is 520 g/mol. The lowest BCUT2D eigenvalue weighted by atomic mass is 10.2. The molecule has 0 amide bonds. The number of nitrogens with zero attached hydrogens (tertiary/aromatic N) is 4. The van der Waals surface area contributed by atoms with E-state index in [0.29, 0.717) is 22.3 Å². The summed E-state index contributed by atoms with van der Waals surface area (Å²) >= 11 is 3.20. The largest absolute Gasteiger partial charge is 0.479 e. The topological polar surface area (TPSA) is 137 Å². The number of aliphatic carboxylic acids is 1. The lowest BCUT2D eigenvalue weighted by Gasteiger charge is -2.13. The minimum atomic E-state index is -1.31. The number of nitro benzene ring substituents is 1. The standard InChI is InChI=1S/C24H17BrN4O6/c1-14(24(31)32)35-21-18(25)11-15(12-20(21)29(33)34)13-26-28-22(16-7-3-2-4-8-16)27-19-10-6-5-9-17(19)23(28)30/h2-14H,1H3,(H,31,32)/t14-/m1/s1. The fourth-order valence-corrected chi connectivity index (χ4v) is 3.84. The molecule has 0 unspecified atom stereocenters. The van der Waals surface area contributed by atoms with E-state index in [1.165, 1.54) is 25.3 Å². The van der Waals surface area contributed by atoms with Gasteiger partial charge in [0, 0.05) is 17.2 Å². The minimum absolute atomic E-state index is 0.161. The molecule has 0 aliphatic carbocycles. The van der Waals surface area contributed by atoms with E-state index < -0.39 is 28.2 Å². The Bertz CT molecular complexity index is 1530. The highest BCUT2D eigenvalue weighted by Gasteiger charge is 2.24. The van der Waals surface area contributed by atoms with Crippen LogP contribution in [0.1, 0.15) is 12.5 Å². The summed E-state index contributed by atoms with van der Waals surface area (Å²) < 4.78 is 6.56. The van der Waals surface area contributed by atoms with E-state index in [2.05, 4.69) is 26.0 Å². The van der Waals surface area contributed by atoms with Gasteiger partial charge in [-0.15, -0.1) is 0 Å². The average Bonchev–Trinajstić information content (AvgIpc) is 2.85. The summed E-state index contributed by atoms with van der Waals surface area (Å²) in [5.74, 6) is -1.20. The van der Waals surface area contributed by atoms with Gasteiger partial charge in [-0.3, -0.25) is 14.9 Å². The van der Waals surface area contributed by atoms with Crippen molar-refractivity contribution in [3.63, 3.8) is 0 Å². The lowest BCUT2D eigenvalue weighted by Crippen LogP contribution is -2.23. The zero-order chi connectivity index (χ0) is 25.1. The first-order chi connectivity index (χ1) is 16.8. The minimum Gasteiger partial charge on any atom is -0.479 e. The highest BCUT2D eigenvalue weighted by atomic mass is 79.9. The fourth-order valence-electron chi connectivity index (χ4n) is 3.28. The molecule has 4 aromatic rings. The molecule has 10 nitrogen and oxygen atoms in total. The SMILES string of the molecule is C[C@@H](Oc1c(Br)cc(C=Nn2c(-c3ccccc3)nc3ccccc3c2=O)cc1[N+](=O)[O-])C(=O)O. The number of aromatic nitrogens is 2. The van der Waals surface area contributed by atoms with Crippen LogP contribution in [0.25, 0.3) is 22.3 Å². The number of ether oxygens (including phenoxy) is 1. The summed E-state index contributed by atoms with van der Waals surface area (Å²) in [6, 6.07) is 18.6. The second-order valence-electron chi connectivity index (χ2n) is 7.39. The molecule has 1 aromatic heterocycles. The maximum absolute atomic E-state index is 13.2. The Labute approximate surface area is 206 Å². The Morgan fingerprint density at radius 1 is 1.20 bits per heavy atom. The number of halogens is 1. The summed E-state index contributed by atoms with van der Waals surface area (Å²) in [4.78, 5) is 39.9. The third-order valence-electron chi connectivity index (χ3n) is 4.99. The molecule has 0 bridgehead atoms. The van der Waals surface area contributed by atoms with Crippen LogP contribution in [0.3, 0.4) is 0 Å². The Kier molecular flexibility index (Phi) is 6.69. The number of carboxylic acid groups (broad SMARTS) is 1. The van der Waals surface area contributed by atoms with Crippen LogP contribution in [0.5, 0.6) is 5.75 Å². The predicted octanol–water partition coefficient (Wildman–Crippen LogP) is 4.47. The molecule has 4 rings (SSSR count). The molecule has 0 radical (unpaired) electrons. The molecule has 176 valence electrons. The van der Waals surface area contributed by atoms with Gasteiger partial charge in [-0.2, -0.15) is 9.78 Å². The van der Waals surface area contributed by atoms with E-state index in [4.69, 9.17) is 9.84 Å². The molecule has 35 heavy (non-hydrogen) atoms. The summed E-state index contributed by atoms with van der Waals surface area (Å²) in [5.41, 5.74) is 0.579. The van der Waals surface area contributed by atoms with E-state index in [1.807, 2.05) is 18.2 Å². The first kappa shape index (κ1) is 23.8. The van der Waals surface area contributed by atoms with Gasteiger partial charge in [-0.05, 0) is 41.1 Å². The fraction of sp³-hybridized carbons (Fsp3) is 0.0833. The maximum Gasteiger partial charge on any atom is 0.344 e. The molecule has 0 saturated heterocycles. The van der Waals surface area contributed by atoms with Crippen LogP contribution in [0.4, 0.5) is 5.69 Å². The molecule has 0 aliphatic rings. The number of carboxylic acids is 1. The van der Waals surface area contributed by atoms with E-state index in [0.717, 1.165) is 4.68 Å². The third-order valence-corrected chi connectivity index (χ3v) is 5.58. The van der Waals surface area contributed by atoms with Crippen molar-refractivity contribution in [3.8, 4) is 17.1 Å². The molecule has 0 aliphatic heterocycles. The Balaban J connectivity index is 1.84. The van der Waals surface area contributed by atoms with Gasteiger partial charge in [-0.25, -0.2) is 9.78 Å². The number of para-hydroxylation sites is 1. The Hall–Kier alpha value is -4.38. The van der Waals surface area contributed by atoms with Gasteiger partial charge in [0.15, 0.2) is 11.9 Å². The number of fused-ring (bicyclic) bond motifs is 1. The van der Waals surface area contributed by atoms with E-state index >= 15 is 0 Å². The van der Waals surface area contributed by atoms with Crippen LogP contribution in [-0.2, 0) is 4.79 Å². The number of hydrogen-bond donors (Lipinski definition) is 1. The van der Waals surface area contributed by atoms with Gasteiger partial charge in [0.05, 0.1) is 26.5 Å². The van der Waals surface area contributed by atoms with Gasteiger partial charge in [0.2, 0.25) is 5.75 Å². The molecule has 0 fully saturated rings. The van der Waals surface area contributed by atoms with E-state index in [-0.39, 0.29) is 15.8 Å². The van der Waals surface area contributed by atoms with Crippen molar-refractivity contribution in [2.24, 2.45) is 5.10 Å². The number of rotatable bonds is 7. The third kappa shape index (κ3) is 4.94. The highest BCUT2D eigenvalue weighted by molar-refractivity contribution is 9.10. The second kappa shape index (κ2) is 9.85. The van der Waals surface area contributed by atoms with Gasteiger partial charge in [0.25, 0.3) is 5.56 Å². The molecule has 1 heterocycles. The number of hydrogen-bond acceptors (Lipinski definition) is 7. The van der Waals surface area contributed by atoms with Crippen LogP contribution in [-0.4, -0.2) is 38.0 Å². The maximum atomic E-state index is 13.2. The Morgan fingerprint density at radius 2 is 1.89 bits per heavy atom. The van der Waals surface area contributed by atoms with Gasteiger partial charge < -0.3 is 9.84 Å². The van der Waals surface area contributed by atoms with Crippen molar-refractivity contribution in [3.05, 3.63) is 97.2 Å². The van der Waals surface area contributed by atoms with Crippen LogP contribution in [0.15, 0.2) is 81.1 Å². The van der Waals surface area contributed by atoms with Crippen molar-refractivity contribution in [1.29, 1.82) is 0 Å². The van der Waals surface area contributed by atoms with Crippen molar-refractivity contribution >= 4 is 44.7 Å². The summed E-state index contributed by atoms with van der Waals surface area (Å²) in [7, 11) is 0. The van der Waals surface area contributed by atoms with Crippen molar-refractivity contribution < 1.29 is 19.6 Å².